The number of ether oxygens (including phenoxy) is 1. The number of nitrogens with two attached hydrogens (primary N) is 1. The summed E-state index contributed by atoms with van der Waals surface area (Å²) in [5.41, 5.74) is 10.5. The van der Waals surface area contributed by atoms with Crippen LogP contribution in [0.3, 0.4) is 0 Å². The van der Waals surface area contributed by atoms with Crippen LogP contribution in [0.1, 0.15) is 16.1 Å². The van der Waals surface area contributed by atoms with Crippen LogP contribution in [0.4, 0.5) is 11.6 Å². The second-order valence-corrected chi connectivity index (χ2v) is 8.31. The largest absolute Gasteiger partial charge is 0.497 e. The molecular weight excluding hydrogens is 426 g/mol. The van der Waals surface area contributed by atoms with Gasteiger partial charge in [-0.25, -0.2) is 9.97 Å². The smallest absolute Gasteiger partial charge is 0.243 e. The van der Waals surface area contributed by atoms with Crippen LogP contribution in [-0.2, 0) is 11.3 Å². The van der Waals surface area contributed by atoms with Gasteiger partial charge in [-0.1, -0.05) is 0 Å². The van der Waals surface area contributed by atoms with Gasteiger partial charge in [-0.05, 0) is 49.2 Å². The summed E-state index contributed by atoms with van der Waals surface area (Å²) < 4.78 is 6.35. The lowest BCUT2D eigenvalue weighted by Gasteiger charge is -2.13. The molecule has 0 unspecified atom stereocenters. The molecule has 4 N–H and O–H groups in total. The first-order valence-electron chi connectivity index (χ1n) is 9.95. The standard InChI is InChI=1S/C22H23N7O2S/c1-12-6-14(26-19(30)9-23)7-13(2)21(12)17-10-25-29-22(28-17)24-11-20-27-16-8-15(31-3)4-5-18(16)32-20/h4-8,10H,9,11,23H2,1-3H3,(H,26,30)(H,24,28,29). The maximum atomic E-state index is 11.6. The summed E-state index contributed by atoms with van der Waals surface area (Å²) >= 11 is 1.60. The van der Waals surface area contributed by atoms with Gasteiger partial charge in [0.1, 0.15) is 10.8 Å². The highest BCUT2D eigenvalue weighted by molar-refractivity contribution is 7.18. The number of hydrogen-bond donors (Lipinski definition) is 3. The highest BCUT2D eigenvalue weighted by Crippen LogP contribution is 2.29. The maximum absolute atomic E-state index is 11.6. The molecule has 2 aromatic carbocycles. The van der Waals surface area contributed by atoms with Crippen molar-refractivity contribution in [3.05, 3.63) is 52.7 Å². The molecule has 0 aliphatic carbocycles. The van der Waals surface area contributed by atoms with Crippen molar-refractivity contribution < 1.29 is 9.53 Å². The van der Waals surface area contributed by atoms with Crippen molar-refractivity contribution in [3.63, 3.8) is 0 Å². The molecule has 0 saturated heterocycles. The first-order valence-corrected chi connectivity index (χ1v) is 10.8. The monoisotopic (exact) mass is 449 g/mol. The van der Waals surface area contributed by atoms with E-state index in [1.54, 1.807) is 24.6 Å². The van der Waals surface area contributed by atoms with Gasteiger partial charge in [-0.15, -0.1) is 16.4 Å². The number of aryl methyl sites for hydroxylation is 2. The van der Waals surface area contributed by atoms with Crippen molar-refractivity contribution in [2.75, 3.05) is 24.3 Å². The molecule has 0 atom stereocenters. The van der Waals surface area contributed by atoms with Crippen molar-refractivity contribution in [1.82, 2.24) is 20.2 Å². The molecule has 1 amide bonds. The van der Waals surface area contributed by atoms with E-state index in [1.165, 1.54) is 0 Å². The predicted molar refractivity (Wildman–Crippen MR) is 126 cm³/mol. The Bertz CT molecular complexity index is 1270. The molecule has 9 nitrogen and oxygen atoms in total. The van der Waals surface area contributed by atoms with Crippen LogP contribution in [-0.4, -0.2) is 39.7 Å². The Morgan fingerprint density at radius 1 is 1.16 bits per heavy atom. The third-order valence-corrected chi connectivity index (χ3v) is 5.89. The number of rotatable bonds is 7. The van der Waals surface area contributed by atoms with Crippen molar-refractivity contribution in [1.29, 1.82) is 0 Å². The zero-order chi connectivity index (χ0) is 22.7. The van der Waals surface area contributed by atoms with E-state index in [4.69, 9.17) is 10.5 Å². The minimum atomic E-state index is -0.236. The van der Waals surface area contributed by atoms with Crippen LogP contribution in [0.5, 0.6) is 5.75 Å². The highest BCUT2D eigenvalue weighted by atomic mass is 32.1. The Kier molecular flexibility index (Phi) is 6.24. The van der Waals surface area contributed by atoms with E-state index < -0.39 is 0 Å². The molecule has 2 heterocycles. The normalized spacial score (nSPS) is 10.9. The molecule has 32 heavy (non-hydrogen) atoms. The van der Waals surface area contributed by atoms with Gasteiger partial charge in [0.15, 0.2) is 0 Å². The number of aromatic nitrogens is 4. The Balaban J connectivity index is 1.53. The molecule has 4 rings (SSSR count). The number of benzene rings is 2. The summed E-state index contributed by atoms with van der Waals surface area (Å²) in [5.74, 6) is 0.959. The molecule has 2 aromatic heterocycles. The molecule has 0 fully saturated rings. The Morgan fingerprint density at radius 3 is 2.66 bits per heavy atom. The number of nitrogens with zero attached hydrogens (tertiary/aromatic N) is 4. The van der Waals surface area contributed by atoms with Crippen LogP contribution in [0.2, 0.25) is 0 Å². The van der Waals surface area contributed by atoms with Gasteiger partial charge in [-0.3, -0.25) is 4.79 Å². The van der Waals surface area contributed by atoms with E-state index in [1.807, 2.05) is 44.2 Å². The summed E-state index contributed by atoms with van der Waals surface area (Å²) in [4.78, 5) is 20.9. The molecule has 0 aliphatic heterocycles. The van der Waals surface area contributed by atoms with Crippen molar-refractivity contribution in [2.24, 2.45) is 5.73 Å². The van der Waals surface area contributed by atoms with Gasteiger partial charge >= 0.3 is 0 Å². The number of carbonyl (C=O) groups excluding carboxylic acids is 1. The third kappa shape index (κ3) is 4.66. The summed E-state index contributed by atoms with van der Waals surface area (Å²) in [6.07, 6.45) is 1.63. The number of thiazole rings is 1. The molecule has 10 heteroatoms. The second kappa shape index (κ2) is 9.25. The molecule has 164 valence electrons. The maximum Gasteiger partial charge on any atom is 0.243 e. The molecule has 4 aromatic rings. The van der Waals surface area contributed by atoms with E-state index in [0.717, 1.165) is 37.7 Å². The Hall–Kier alpha value is -3.63. The first kappa shape index (κ1) is 21.6. The van der Waals surface area contributed by atoms with E-state index >= 15 is 0 Å². The number of nitrogens with one attached hydrogen (secondary N) is 2. The van der Waals surface area contributed by atoms with E-state index in [-0.39, 0.29) is 12.5 Å². The topological polar surface area (TPSA) is 128 Å². The lowest BCUT2D eigenvalue weighted by Crippen LogP contribution is -2.21. The molecule has 0 aliphatic rings. The molecule has 0 radical (unpaired) electrons. The number of amides is 1. The van der Waals surface area contributed by atoms with Gasteiger partial charge in [0.25, 0.3) is 0 Å². The summed E-state index contributed by atoms with van der Waals surface area (Å²) in [7, 11) is 1.64. The molecule has 0 bridgehead atoms. The second-order valence-electron chi connectivity index (χ2n) is 7.20. The molecule has 0 saturated carbocycles. The van der Waals surface area contributed by atoms with Crippen molar-refractivity contribution in [3.8, 4) is 17.0 Å². The zero-order valence-corrected chi connectivity index (χ0v) is 18.8. The number of fused-ring (bicyclic) bond motifs is 1. The fraction of sp³-hybridized carbons (Fsp3) is 0.227. The van der Waals surface area contributed by atoms with Gasteiger partial charge in [0.2, 0.25) is 11.9 Å². The fourth-order valence-electron chi connectivity index (χ4n) is 3.46. The van der Waals surface area contributed by atoms with Crippen LogP contribution in [0.25, 0.3) is 21.5 Å². The Morgan fingerprint density at radius 2 is 1.94 bits per heavy atom. The van der Waals surface area contributed by atoms with Crippen LogP contribution >= 0.6 is 11.3 Å². The zero-order valence-electron chi connectivity index (χ0n) is 18.0. The van der Waals surface area contributed by atoms with Crippen LogP contribution in [0, 0.1) is 13.8 Å². The van der Waals surface area contributed by atoms with Gasteiger partial charge in [0, 0.05) is 17.3 Å². The number of methoxy groups -OCH3 is 1. The third-order valence-electron chi connectivity index (χ3n) is 4.85. The van der Waals surface area contributed by atoms with Crippen molar-refractivity contribution >= 4 is 39.1 Å². The average molecular weight is 450 g/mol. The fourth-order valence-corrected chi connectivity index (χ4v) is 4.35. The lowest BCUT2D eigenvalue weighted by atomic mass is 9.99. The quantitative estimate of drug-likeness (QED) is 0.392. The SMILES string of the molecule is COc1ccc2sc(CNc3nncc(-c4c(C)cc(NC(=O)CN)cc4C)n3)nc2c1. The minimum Gasteiger partial charge on any atom is -0.497 e. The van der Waals surface area contributed by atoms with Gasteiger partial charge < -0.3 is 21.1 Å². The van der Waals surface area contributed by atoms with E-state index in [9.17, 15) is 4.79 Å². The first-order chi connectivity index (χ1) is 15.5. The number of anilines is 2. The average Bonchev–Trinajstić information content (AvgIpc) is 3.19. The lowest BCUT2D eigenvalue weighted by molar-refractivity contribution is -0.114. The van der Waals surface area contributed by atoms with E-state index in [0.29, 0.717) is 23.9 Å². The molecular formula is C22H23N7O2S. The van der Waals surface area contributed by atoms with E-state index in [2.05, 4.69) is 30.8 Å². The predicted octanol–water partition coefficient (Wildman–Crippen LogP) is 3.28. The van der Waals surface area contributed by atoms with Gasteiger partial charge in [-0.2, -0.15) is 5.10 Å². The van der Waals surface area contributed by atoms with Gasteiger partial charge in [0.05, 0.1) is 42.3 Å². The van der Waals surface area contributed by atoms with Crippen molar-refractivity contribution in [2.45, 2.75) is 20.4 Å². The molecule has 0 spiro atoms. The summed E-state index contributed by atoms with van der Waals surface area (Å²) in [6.45, 7) is 4.35. The summed E-state index contributed by atoms with van der Waals surface area (Å²) in [5, 5.41) is 15.1. The Labute approximate surface area is 189 Å². The highest BCUT2D eigenvalue weighted by Gasteiger charge is 2.13. The number of carbonyl (C=O) groups is 1. The number of hydrogen-bond acceptors (Lipinski definition) is 9. The van der Waals surface area contributed by atoms with Crippen LogP contribution < -0.4 is 21.1 Å². The van der Waals surface area contributed by atoms with Crippen LogP contribution in [0.15, 0.2) is 36.5 Å². The minimum absolute atomic E-state index is 0.0626. The summed E-state index contributed by atoms with van der Waals surface area (Å²) in [6, 6.07) is 9.62.